The number of hydrogen-bond donors (Lipinski definition) is 2. The molecular weight excluding hydrogens is 296 g/mol. The average Bonchev–Trinajstić information content (AvgIpc) is 2.57. The van der Waals surface area contributed by atoms with E-state index in [1.165, 1.54) is 0 Å². The van der Waals surface area contributed by atoms with Crippen molar-refractivity contribution in [3.63, 3.8) is 0 Å². The van der Waals surface area contributed by atoms with E-state index < -0.39 is 0 Å². The Bertz CT molecular complexity index is 576. The van der Waals surface area contributed by atoms with Gasteiger partial charge in [0.1, 0.15) is 11.9 Å². The second-order valence-corrected chi connectivity index (χ2v) is 5.58. The van der Waals surface area contributed by atoms with Crippen molar-refractivity contribution in [2.24, 2.45) is 0 Å². The van der Waals surface area contributed by atoms with Crippen LogP contribution in [0.4, 0.5) is 11.6 Å². The number of nitriles is 1. The maximum absolute atomic E-state index is 9.42. The molecule has 0 unspecified atom stereocenters. The van der Waals surface area contributed by atoms with Gasteiger partial charge in [-0.3, -0.25) is 0 Å². The van der Waals surface area contributed by atoms with Crippen LogP contribution in [0.5, 0.6) is 0 Å². The Hall–Kier alpha value is -1.92. The van der Waals surface area contributed by atoms with Gasteiger partial charge in [-0.25, -0.2) is 15.0 Å². The Kier molecular flexibility index (Phi) is 5.25. The molecule has 0 saturated carbocycles. The van der Waals surface area contributed by atoms with E-state index in [1.807, 2.05) is 18.0 Å². The number of hydrazine groups is 2. The van der Waals surface area contributed by atoms with E-state index in [9.17, 15) is 5.26 Å². The molecule has 0 atom stereocenters. The molecule has 0 aliphatic carbocycles. The smallest absolute Gasteiger partial charge is 0.161 e. The molecule has 2 aliphatic rings. The molecule has 0 bridgehead atoms. The first-order valence-corrected chi connectivity index (χ1v) is 7.86. The predicted octanol–water partition coefficient (Wildman–Crippen LogP) is 0.580. The molecule has 8 nitrogen and oxygen atoms in total. The average molecular weight is 318 g/mol. The summed E-state index contributed by atoms with van der Waals surface area (Å²) in [4.78, 5) is 4.58. The number of rotatable bonds is 4. The topological polar surface area (TPSA) is 85.7 Å². The Labute approximate surface area is 135 Å². The highest BCUT2D eigenvalue weighted by Gasteiger charge is 2.17. The zero-order chi connectivity index (χ0) is 16.1. The van der Waals surface area contributed by atoms with E-state index in [0.717, 1.165) is 37.6 Å². The molecule has 0 radical (unpaired) electrons. The molecule has 3 rings (SSSR count). The van der Waals surface area contributed by atoms with Crippen molar-refractivity contribution < 1.29 is 9.47 Å². The van der Waals surface area contributed by atoms with Crippen molar-refractivity contribution in [1.82, 2.24) is 15.0 Å². The first-order chi connectivity index (χ1) is 11.3. The summed E-state index contributed by atoms with van der Waals surface area (Å²) in [7, 11) is 0. The quantitative estimate of drug-likeness (QED) is 0.834. The number of nitrogens with one attached hydrogen (secondary N) is 2. The van der Waals surface area contributed by atoms with Gasteiger partial charge in [0.25, 0.3) is 0 Å². The number of anilines is 2. The Morgan fingerprint density at radius 2 is 1.61 bits per heavy atom. The third-order valence-electron chi connectivity index (χ3n) is 3.89. The molecule has 1 aromatic heterocycles. The van der Waals surface area contributed by atoms with E-state index in [2.05, 4.69) is 26.9 Å². The van der Waals surface area contributed by atoms with Crippen molar-refractivity contribution in [2.45, 2.75) is 6.92 Å². The van der Waals surface area contributed by atoms with Crippen LogP contribution in [0.25, 0.3) is 0 Å². The number of aromatic nitrogens is 1. The largest absolute Gasteiger partial charge is 0.379 e. The number of ether oxygens (including phenoxy) is 2. The Morgan fingerprint density at radius 1 is 1.04 bits per heavy atom. The third kappa shape index (κ3) is 4.09. The van der Waals surface area contributed by atoms with Crippen molar-refractivity contribution >= 4 is 11.6 Å². The van der Waals surface area contributed by atoms with Crippen LogP contribution in [-0.4, -0.2) is 67.6 Å². The first kappa shape index (κ1) is 16.0. The molecule has 2 saturated heterocycles. The molecular formula is C15H22N6O2. The highest BCUT2D eigenvalue weighted by Crippen LogP contribution is 2.22. The van der Waals surface area contributed by atoms with Gasteiger partial charge < -0.3 is 20.3 Å². The van der Waals surface area contributed by atoms with Crippen LogP contribution in [0.15, 0.2) is 6.07 Å². The fraction of sp³-hybridized carbons (Fsp3) is 0.600. The lowest BCUT2D eigenvalue weighted by molar-refractivity contribution is 0.0490. The summed E-state index contributed by atoms with van der Waals surface area (Å²) < 4.78 is 10.7. The highest BCUT2D eigenvalue weighted by atomic mass is 16.5. The molecule has 2 N–H and O–H groups in total. The van der Waals surface area contributed by atoms with Gasteiger partial charge >= 0.3 is 0 Å². The summed E-state index contributed by atoms with van der Waals surface area (Å²) in [5.41, 5.74) is 8.03. The predicted molar refractivity (Wildman–Crippen MR) is 85.7 cm³/mol. The number of pyridine rings is 1. The zero-order valence-corrected chi connectivity index (χ0v) is 13.3. The lowest BCUT2D eigenvalue weighted by atomic mass is 10.1. The number of morpholine rings is 2. The number of aryl methyl sites for hydroxylation is 1. The van der Waals surface area contributed by atoms with Crippen molar-refractivity contribution in [1.29, 1.82) is 5.26 Å². The zero-order valence-electron chi connectivity index (χ0n) is 13.3. The minimum atomic E-state index is 0.573. The molecule has 1 aromatic rings. The third-order valence-corrected chi connectivity index (χ3v) is 3.89. The van der Waals surface area contributed by atoms with Crippen LogP contribution >= 0.6 is 0 Å². The summed E-state index contributed by atoms with van der Waals surface area (Å²) in [5.74, 6) is 1.32. The summed E-state index contributed by atoms with van der Waals surface area (Å²) >= 11 is 0. The van der Waals surface area contributed by atoms with Gasteiger partial charge in [0.15, 0.2) is 5.82 Å². The van der Waals surface area contributed by atoms with Crippen LogP contribution in [0.2, 0.25) is 0 Å². The van der Waals surface area contributed by atoms with E-state index in [-0.39, 0.29) is 0 Å². The van der Waals surface area contributed by atoms with Gasteiger partial charge in [0.05, 0.1) is 32.0 Å². The Morgan fingerprint density at radius 3 is 2.17 bits per heavy atom. The van der Waals surface area contributed by atoms with Gasteiger partial charge in [-0.15, -0.1) is 0 Å². The number of nitrogens with zero attached hydrogens (tertiary/aromatic N) is 4. The molecule has 23 heavy (non-hydrogen) atoms. The number of hydrogen-bond acceptors (Lipinski definition) is 8. The van der Waals surface area contributed by atoms with Crippen LogP contribution in [-0.2, 0) is 9.47 Å². The molecule has 0 spiro atoms. The Balaban J connectivity index is 1.76. The monoisotopic (exact) mass is 318 g/mol. The van der Waals surface area contributed by atoms with Gasteiger partial charge in [-0.1, -0.05) is 0 Å². The van der Waals surface area contributed by atoms with Crippen LogP contribution in [0.1, 0.15) is 11.1 Å². The van der Waals surface area contributed by atoms with E-state index >= 15 is 0 Å². The minimum absolute atomic E-state index is 0.573. The fourth-order valence-electron chi connectivity index (χ4n) is 2.61. The summed E-state index contributed by atoms with van der Waals surface area (Å²) in [6.45, 7) is 7.87. The molecule has 2 fully saturated rings. The molecule has 0 amide bonds. The fourth-order valence-corrected chi connectivity index (χ4v) is 2.61. The van der Waals surface area contributed by atoms with Gasteiger partial charge in [-0.05, 0) is 18.6 Å². The van der Waals surface area contributed by atoms with Crippen molar-refractivity contribution in [3.8, 4) is 6.07 Å². The standard InChI is InChI=1S/C15H22N6O2/c1-12-10-14(18-20-2-6-22-7-3-20)17-15(13(12)11-16)19-21-4-8-23-9-5-21/h10H,2-9H2,1H3,(H2,17,18,19). The molecule has 2 aliphatic heterocycles. The normalized spacial score (nSPS) is 20.0. The van der Waals surface area contributed by atoms with Crippen molar-refractivity contribution in [2.75, 3.05) is 63.5 Å². The van der Waals surface area contributed by atoms with Crippen molar-refractivity contribution in [3.05, 3.63) is 17.2 Å². The maximum atomic E-state index is 9.42. The summed E-state index contributed by atoms with van der Waals surface area (Å²) in [6, 6.07) is 4.14. The summed E-state index contributed by atoms with van der Waals surface area (Å²) in [5, 5.41) is 13.5. The van der Waals surface area contributed by atoms with Crippen LogP contribution in [0.3, 0.4) is 0 Å². The SMILES string of the molecule is Cc1cc(NN2CCOCC2)nc(NN2CCOCC2)c1C#N. The molecule has 8 heteroatoms. The maximum Gasteiger partial charge on any atom is 0.161 e. The highest BCUT2D eigenvalue weighted by molar-refractivity contribution is 5.60. The van der Waals surface area contributed by atoms with E-state index in [0.29, 0.717) is 37.8 Å². The first-order valence-electron chi connectivity index (χ1n) is 7.86. The molecule has 0 aromatic carbocycles. The lowest BCUT2D eigenvalue weighted by Crippen LogP contribution is -2.41. The minimum Gasteiger partial charge on any atom is -0.379 e. The van der Waals surface area contributed by atoms with Gasteiger partial charge in [0.2, 0.25) is 0 Å². The van der Waals surface area contributed by atoms with E-state index in [1.54, 1.807) is 0 Å². The second kappa shape index (κ2) is 7.57. The second-order valence-electron chi connectivity index (χ2n) is 5.58. The van der Waals surface area contributed by atoms with Crippen LogP contribution < -0.4 is 10.9 Å². The van der Waals surface area contributed by atoms with E-state index in [4.69, 9.17) is 9.47 Å². The molecule has 124 valence electrons. The summed E-state index contributed by atoms with van der Waals surface area (Å²) in [6.07, 6.45) is 0. The van der Waals surface area contributed by atoms with Gasteiger partial charge in [0, 0.05) is 26.2 Å². The molecule has 3 heterocycles. The van der Waals surface area contributed by atoms with Gasteiger partial charge in [-0.2, -0.15) is 5.26 Å². The van der Waals surface area contributed by atoms with Crippen LogP contribution in [0, 0.1) is 18.3 Å². The lowest BCUT2D eigenvalue weighted by Gasteiger charge is -2.29.